The zero-order chi connectivity index (χ0) is 99.1. The Bertz CT molecular complexity index is 5230. The number of nitrogens with one attached hydrogen (secondary N) is 15. The number of thioether (sulfide) groups is 1. The Balaban J connectivity index is 1.10. The monoisotopic (exact) mass is 1910 g/mol. The van der Waals surface area contributed by atoms with Crippen LogP contribution < -0.4 is 81.4 Å². The van der Waals surface area contributed by atoms with Crippen LogP contribution in [0.4, 0.5) is 0 Å². The van der Waals surface area contributed by atoms with Gasteiger partial charge in [0, 0.05) is 125 Å². The van der Waals surface area contributed by atoms with Gasteiger partial charge < -0.3 is 136 Å². The smallest absolute Gasteiger partial charge is 0.245 e. The quantitative estimate of drug-likeness (QED) is 0.0132. The molecule has 17 amide bonds. The van der Waals surface area contributed by atoms with E-state index in [1.54, 1.807) is 60.9 Å². The number of unbranched alkanes of at least 4 members (excludes halogenated alkanes) is 2. The molecule has 3 saturated heterocycles. The summed E-state index contributed by atoms with van der Waals surface area (Å²) < 4.78 is 0. The Morgan fingerprint density at radius 1 is 0.537 bits per heavy atom. The first kappa shape index (κ1) is 106. The van der Waals surface area contributed by atoms with Crippen LogP contribution in [0.3, 0.4) is 0 Å². The number of para-hydroxylation sites is 2. The van der Waals surface area contributed by atoms with Crippen molar-refractivity contribution < 1.29 is 96.8 Å². The summed E-state index contributed by atoms with van der Waals surface area (Å²) in [6, 6.07) is -2.30. The Morgan fingerprint density at radius 3 is 1.68 bits per heavy atom. The number of likely N-dealkylation sites (N-methyl/N-ethyl adjacent to an activating group) is 3. The minimum Gasteiger partial charge on any atom is -0.508 e. The number of hydrogen-bond acceptors (Lipinski definition) is 24. The summed E-state index contributed by atoms with van der Waals surface area (Å²) in [5.41, 5.74) is 25.6. The number of phenolic OH excluding ortho intramolecular Hbond substituents is 1. The van der Waals surface area contributed by atoms with E-state index in [9.17, 15) is 58.5 Å². The summed E-state index contributed by atoms with van der Waals surface area (Å²) >= 11 is 0.775. The molecular formula is C90H127N25O20S. The maximum Gasteiger partial charge on any atom is 0.245 e. The van der Waals surface area contributed by atoms with Gasteiger partial charge in [-0.1, -0.05) is 88.1 Å². The van der Waals surface area contributed by atoms with Crippen LogP contribution in [0.1, 0.15) is 133 Å². The lowest BCUT2D eigenvalue weighted by atomic mass is 10.00. The molecule has 0 aliphatic carbocycles. The number of hydrogen-bond donors (Lipinski definition) is 22. The number of nitrogens with zero attached hydrogens (tertiary/aromatic N) is 6. The molecular weight excluding hydrogens is 1780 g/mol. The fourth-order valence-electron chi connectivity index (χ4n) is 16.7. The third-order valence-electron chi connectivity index (χ3n) is 24.3. The number of imidazole rings is 1. The van der Waals surface area contributed by atoms with Gasteiger partial charge in [0.05, 0.1) is 37.0 Å². The summed E-state index contributed by atoms with van der Waals surface area (Å²) in [7, 11) is 3.93. The summed E-state index contributed by atoms with van der Waals surface area (Å²) in [6.45, 7) is 2.33. The number of amides is 17. The zero-order valence-electron chi connectivity index (χ0n) is 77.0. The molecule has 3 aliphatic heterocycles. The number of aromatic nitrogens is 4. The van der Waals surface area contributed by atoms with Crippen LogP contribution in [0, 0.1) is 5.41 Å². The second-order valence-electron chi connectivity index (χ2n) is 34.2. The molecule has 136 heavy (non-hydrogen) atoms. The van der Waals surface area contributed by atoms with E-state index >= 15 is 38.4 Å². The Morgan fingerprint density at radius 2 is 1.07 bits per heavy atom. The van der Waals surface area contributed by atoms with Crippen molar-refractivity contribution >= 4 is 140 Å². The number of H-pyrrole nitrogens is 3. The van der Waals surface area contributed by atoms with Crippen molar-refractivity contribution in [3.8, 4) is 5.75 Å². The lowest BCUT2D eigenvalue weighted by molar-refractivity contribution is -0.149. The van der Waals surface area contributed by atoms with E-state index < -0.39 is 248 Å². The highest BCUT2D eigenvalue weighted by atomic mass is 32.2. The number of aromatic hydroxyl groups is 1. The van der Waals surface area contributed by atoms with Gasteiger partial charge in [-0.05, 0) is 106 Å². The molecule has 0 spiro atoms. The predicted octanol–water partition coefficient (Wildman–Crippen LogP) is -4.24. The van der Waals surface area contributed by atoms with Crippen LogP contribution in [-0.2, 0) is 107 Å². The maximum absolute atomic E-state index is 15.8. The zero-order valence-corrected chi connectivity index (χ0v) is 77.8. The lowest BCUT2D eigenvalue weighted by Gasteiger charge is -2.36. The highest BCUT2D eigenvalue weighted by molar-refractivity contribution is 8.00. The molecule has 0 saturated carbocycles. The number of primary amides is 2. The molecule has 46 heteroatoms. The van der Waals surface area contributed by atoms with Gasteiger partial charge >= 0.3 is 0 Å². The van der Waals surface area contributed by atoms with E-state index in [0.29, 0.717) is 64.2 Å². The van der Waals surface area contributed by atoms with Crippen molar-refractivity contribution in [1.29, 1.82) is 5.41 Å². The van der Waals surface area contributed by atoms with Gasteiger partial charge in [0.25, 0.3) is 0 Å². The minimum absolute atomic E-state index is 0.0127. The lowest BCUT2D eigenvalue weighted by Crippen LogP contribution is -2.62. The van der Waals surface area contributed by atoms with E-state index in [4.69, 9.17) is 28.3 Å². The van der Waals surface area contributed by atoms with Gasteiger partial charge in [0.15, 0.2) is 5.96 Å². The van der Waals surface area contributed by atoms with Crippen molar-refractivity contribution in [1.82, 2.24) is 103 Å². The number of aliphatic hydroxyl groups is 2. The Kier molecular flexibility index (Phi) is 39.8. The number of benzene rings is 3. The molecule has 6 aromatic rings. The first-order valence-corrected chi connectivity index (χ1v) is 46.6. The van der Waals surface area contributed by atoms with Gasteiger partial charge in [0.2, 0.25) is 100 Å². The molecule has 0 bridgehead atoms. The van der Waals surface area contributed by atoms with Crippen LogP contribution in [0.25, 0.3) is 21.8 Å². The van der Waals surface area contributed by atoms with Crippen molar-refractivity contribution in [3.05, 3.63) is 120 Å². The highest BCUT2D eigenvalue weighted by Crippen LogP contribution is 2.28. The molecule has 3 aliphatic rings. The maximum atomic E-state index is 15.8. The van der Waals surface area contributed by atoms with Gasteiger partial charge in [-0.3, -0.25) is 86.9 Å². The number of carbonyl (C=O) groups excluding carboxylic acids is 17. The molecule has 45 nitrogen and oxygen atoms in total. The number of fused-ring (bicyclic) bond motifs is 4. The molecule has 6 heterocycles. The SMILES string of the molecule is CCCC[C@H]1C(=O)N(C)[C@@H](CCCC)C(=O)N[C@@H](CCCNC(=N)N)C(=O)N[C@H](C(=O)NCC(N)=O)CSCC(=O)N[C@@H](Cc2ccc(O)cc2)C(=O)N(C)[C@@H](C)C(=O)N[C@@H](CCN)C(=O)N2CCC[C@H]2C(=O)N[C@@H](Cc2c[nH]cn2)C(=O)N[C@@H](CCC(N)=O)C(=O)N2C[C@H](O)C[C@H]2C(=O)N[C@@H](Cc2c[nH]c3ccccc23)C(=O)N[C@@H](CO)C(=O)N[C@@H](Cc2c[nH]c3ccccc23)C(=O)N1C. The number of nitrogens with two attached hydrogens (primary N) is 4. The standard InChI is InChI=1S/C90H127N25O20S/c1-7-9-22-69-82(128)103-60(21-15-33-97-90(94)95)78(124)110-68(77(123)100-43-74(93)120)46-136-47-75(121)102-65(35-50-25-27-54(117)28-26-50)85(131)111(4)49(3)76(122)104-62(31-32-91)87(133)114-34-16-24-70(114)83(129)107-64(38-53-42-96-48-101-53)80(126)105-61(29-30-73(92)119)88(134)115-44-55(118)39-72(115)84(130)106-63(36-51-40-98-58-19-13-11-17-56(51)58)79(125)109-67(45-116)81(127)108-66(37-52-41-99-59-20-14-12-18-57(52)59)86(132)113(6)71(23-10-8-2)89(135)112(69)5/h11-14,17-20,25-28,40-42,48-49,55,60-72,98-99,116-118H,7-10,15-16,21-24,29-39,43-47,91H2,1-6H3,(H2,92,119)(H2,93,120)(H,96,101)(H,100,123)(H,102,121)(H,103,128)(H,104,122)(H,105,126)(H,106,130)(H,107,129)(H,108,127)(H,109,125)(H,110,124)(H4,94,95,97)/t49-,55+,60-,61-,62-,63-,64-,65-,66-,67-,68-,69-,70-,71-,72-/m0/s1. The molecule has 3 fully saturated rings. The van der Waals surface area contributed by atoms with Gasteiger partial charge in [-0.2, -0.15) is 0 Å². The second-order valence-corrected chi connectivity index (χ2v) is 35.3. The number of guanidine groups is 1. The third kappa shape index (κ3) is 29.4. The number of phenols is 1. The molecule has 9 rings (SSSR count). The summed E-state index contributed by atoms with van der Waals surface area (Å²) in [4.78, 5) is 269. The fourth-order valence-corrected chi connectivity index (χ4v) is 17.5. The van der Waals surface area contributed by atoms with Crippen LogP contribution in [0.15, 0.2) is 97.7 Å². The average Bonchev–Trinajstić information content (AvgIpc) is 1.51. The van der Waals surface area contributed by atoms with Crippen LogP contribution in [0.2, 0.25) is 0 Å². The van der Waals surface area contributed by atoms with Crippen LogP contribution >= 0.6 is 11.8 Å². The largest absolute Gasteiger partial charge is 0.508 e. The van der Waals surface area contributed by atoms with Gasteiger partial charge in [0.1, 0.15) is 90.3 Å². The van der Waals surface area contributed by atoms with E-state index in [-0.39, 0.29) is 102 Å². The van der Waals surface area contributed by atoms with E-state index in [1.807, 2.05) is 13.8 Å². The summed E-state index contributed by atoms with van der Waals surface area (Å²) in [6.07, 6.45) is 3.10. The topological polar surface area (TPSA) is 688 Å². The van der Waals surface area contributed by atoms with Gasteiger partial charge in [-0.15, -0.1) is 11.8 Å². The van der Waals surface area contributed by atoms with Crippen LogP contribution in [-0.4, -0.2) is 329 Å². The Labute approximate surface area is 789 Å². The van der Waals surface area contributed by atoms with E-state index in [1.165, 1.54) is 69.8 Å². The summed E-state index contributed by atoms with van der Waals surface area (Å²) in [5, 5.41) is 71.0. The van der Waals surface area contributed by atoms with Crippen molar-refractivity contribution in [2.45, 2.75) is 227 Å². The summed E-state index contributed by atoms with van der Waals surface area (Å²) in [5.74, 6) is -17.5. The predicted molar refractivity (Wildman–Crippen MR) is 499 cm³/mol. The minimum atomic E-state index is -1.92. The van der Waals surface area contributed by atoms with Crippen molar-refractivity contribution in [2.75, 3.05) is 72.0 Å². The average molecular weight is 1910 g/mol. The van der Waals surface area contributed by atoms with Crippen LogP contribution in [0.5, 0.6) is 5.75 Å². The molecule has 3 aromatic carbocycles. The number of rotatable bonds is 27. The second kappa shape index (κ2) is 51.1. The van der Waals surface area contributed by atoms with Gasteiger partial charge in [-0.25, -0.2) is 4.98 Å². The highest BCUT2D eigenvalue weighted by Gasteiger charge is 2.47. The normalized spacial score (nSPS) is 24.6. The number of carbonyl (C=O) groups is 17. The third-order valence-corrected chi connectivity index (χ3v) is 25.4. The first-order valence-electron chi connectivity index (χ1n) is 45.4. The Hall–Kier alpha value is -13.8. The van der Waals surface area contributed by atoms with E-state index in [2.05, 4.69) is 78.4 Å². The molecule has 0 unspecified atom stereocenters. The first-order chi connectivity index (χ1) is 64.9. The molecule has 26 N–H and O–H groups in total. The molecule has 738 valence electrons. The van der Waals surface area contributed by atoms with Crippen molar-refractivity contribution in [2.24, 2.45) is 22.9 Å². The van der Waals surface area contributed by atoms with E-state index in [0.717, 1.165) is 31.4 Å². The van der Waals surface area contributed by atoms with Crippen molar-refractivity contribution in [3.63, 3.8) is 0 Å². The molecule has 0 radical (unpaired) electrons. The fraction of sp³-hybridized carbons (Fsp3) is 0.522. The molecule has 15 atom stereocenters. The molecule has 3 aromatic heterocycles. The number of aliphatic hydroxyl groups excluding tert-OH is 2. The number of aromatic amines is 3.